The fourth-order valence-corrected chi connectivity index (χ4v) is 6.14. The van der Waals surface area contributed by atoms with Crippen LogP contribution < -0.4 is 16.0 Å². The van der Waals surface area contributed by atoms with E-state index in [0.717, 1.165) is 25.7 Å². The van der Waals surface area contributed by atoms with E-state index < -0.39 is 47.7 Å². The van der Waals surface area contributed by atoms with E-state index in [1.54, 1.807) is 12.1 Å². The van der Waals surface area contributed by atoms with Crippen molar-refractivity contribution >= 4 is 40.3 Å². The van der Waals surface area contributed by atoms with E-state index in [-0.39, 0.29) is 29.9 Å². The summed E-state index contributed by atoms with van der Waals surface area (Å²) in [5.74, 6) is -3.05. The Kier molecular flexibility index (Phi) is 11.5. The highest BCUT2D eigenvalue weighted by atomic mass is 16.3. The van der Waals surface area contributed by atoms with E-state index in [0.29, 0.717) is 49.6 Å². The first-order chi connectivity index (χ1) is 21.2. The molecule has 2 saturated heterocycles. The molecule has 240 valence electrons. The molecule has 6 atom stereocenters. The fraction of sp³-hybridized carbons (Fsp3) is 0.606. The largest absolute Gasteiger partial charge is 0.393 e. The smallest absolute Gasteiger partial charge is 0.251 e. The number of aliphatic hydroxyl groups excluding tert-OH is 1. The number of Topliss-reactive ketones (excluding diaryl/α,β-unsaturated/α-hetero) is 1. The average Bonchev–Trinajstić information content (AvgIpc) is 3.47. The van der Waals surface area contributed by atoms with Gasteiger partial charge in [0.25, 0.3) is 5.91 Å². The van der Waals surface area contributed by atoms with Crippen molar-refractivity contribution in [3.05, 3.63) is 36.0 Å². The van der Waals surface area contributed by atoms with Crippen LogP contribution in [0.4, 0.5) is 0 Å². The molecule has 2 unspecified atom stereocenters. The summed E-state index contributed by atoms with van der Waals surface area (Å²) in [7, 11) is 0. The zero-order chi connectivity index (χ0) is 31.8. The van der Waals surface area contributed by atoms with Gasteiger partial charge >= 0.3 is 0 Å². The molecule has 44 heavy (non-hydrogen) atoms. The number of H-pyrrole nitrogens is 1. The number of aromatic nitrogens is 1. The predicted octanol–water partition coefficient (Wildman–Crippen LogP) is 2.97. The summed E-state index contributed by atoms with van der Waals surface area (Å²) >= 11 is 0. The maximum Gasteiger partial charge on any atom is 0.251 e. The molecule has 2 aliphatic heterocycles. The van der Waals surface area contributed by atoms with E-state index in [9.17, 15) is 29.1 Å². The number of piperidine rings is 1. The number of hydrogen-bond acceptors (Lipinski definition) is 6. The van der Waals surface area contributed by atoms with Crippen molar-refractivity contribution in [2.45, 2.75) is 115 Å². The Labute approximate surface area is 258 Å². The van der Waals surface area contributed by atoms with Gasteiger partial charge in [-0.25, -0.2) is 0 Å². The van der Waals surface area contributed by atoms with E-state index >= 15 is 0 Å². The van der Waals surface area contributed by atoms with Crippen molar-refractivity contribution in [2.24, 2.45) is 5.92 Å². The standard InChI is InChI=1S/C33H47N5O6/c1-4-20(3)27-33(44)38-18-12-11-17-26(38)31(42)35-25(16-8-6-7-13-21(39)5-2)30(41)37-28(32(43)36-27)29(40)23-19-34-24-15-10-9-14-22(23)24/h9-10,14-15,19-21,25-28,34,39H,4-8,11-13,16-18H2,1-3H3,(H,35,42)(H,36,43)(H,37,41)/t20?,21?,25-,26+,27-,28+/m0/s1. The fourth-order valence-electron chi connectivity index (χ4n) is 6.14. The number of nitrogens with one attached hydrogen (secondary N) is 4. The van der Waals surface area contributed by atoms with Crippen LogP contribution in [0.3, 0.4) is 0 Å². The maximum absolute atomic E-state index is 14.0. The molecule has 2 fully saturated rings. The van der Waals surface area contributed by atoms with Crippen LogP contribution >= 0.6 is 0 Å². The lowest BCUT2D eigenvalue weighted by molar-refractivity contribution is -0.147. The van der Waals surface area contributed by atoms with Crippen molar-refractivity contribution in [1.29, 1.82) is 0 Å². The van der Waals surface area contributed by atoms with Gasteiger partial charge in [-0.1, -0.05) is 64.7 Å². The minimum atomic E-state index is -1.61. The molecule has 11 nitrogen and oxygen atoms in total. The molecular weight excluding hydrogens is 562 g/mol. The minimum Gasteiger partial charge on any atom is -0.393 e. The Morgan fingerprint density at radius 2 is 1.73 bits per heavy atom. The van der Waals surface area contributed by atoms with Gasteiger partial charge in [-0.2, -0.15) is 0 Å². The number of unbranched alkanes of at least 4 members (excludes halogenated alkanes) is 2. The van der Waals surface area contributed by atoms with Crippen molar-refractivity contribution in [3.63, 3.8) is 0 Å². The highest BCUT2D eigenvalue weighted by molar-refractivity contribution is 6.20. The van der Waals surface area contributed by atoms with Crippen molar-refractivity contribution in [2.75, 3.05) is 6.54 Å². The average molecular weight is 610 g/mol. The first kappa shape index (κ1) is 33.2. The molecule has 4 rings (SSSR count). The van der Waals surface area contributed by atoms with Crippen LogP contribution in [0.1, 0.15) is 95.3 Å². The van der Waals surface area contributed by atoms with Crippen LogP contribution in [-0.2, 0) is 19.2 Å². The molecule has 1 aromatic heterocycles. The van der Waals surface area contributed by atoms with Gasteiger partial charge in [0.1, 0.15) is 18.1 Å². The van der Waals surface area contributed by atoms with Gasteiger partial charge in [0, 0.05) is 29.2 Å². The van der Waals surface area contributed by atoms with E-state index in [1.165, 1.54) is 11.1 Å². The number of nitrogens with zero attached hydrogens (tertiary/aromatic N) is 1. The lowest BCUT2D eigenvalue weighted by Crippen LogP contribution is -2.65. The van der Waals surface area contributed by atoms with Crippen LogP contribution in [0, 0.1) is 5.92 Å². The van der Waals surface area contributed by atoms with E-state index in [4.69, 9.17) is 0 Å². The Hall–Kier alpha value is -3.73. The number of carbonyl (C=O) groups is 5. The molecule has 2 aromatic rings. The highest BCUT2D eigenvalue weighted by Gasteiger charge is 2.42. The van der Waals surface area contributed by atoms with Gasteiger partial charge < -0.3 is 30.9 Å². The van der Waals surface area contributed by atoms with Gasteiger partial charge in [-0.3, -0.25) is 24.0 Å². The first-order valence-corrected chi connectivity index (χ1v) is 16.2. The highest BCUT2D eigenvalue weighted by Crippen LogP contribution is 2.24. The normalized spacial score (nSPS) is 24.8. The van der Waals surface area contributed by atoms with E-state index in [1.807, 2.05) is 32.9 Å². The second kappa shape index (κ2) is 15.3. The molecule has 0 spiro atoms. The molecule has 5 N–H and O–H groups in total. The molecule has 0 radical (unpaired) electrons. The predicted molar refractivity (Wildman–Crippen MR) is 167 cm³/mol. The Balaban J connectivity index is 1.67. The van der Waals surface area contributed by atoms with E-state index in [2.05, 4.69) is 20.9 Å². The number of ketones is 1. The van der Waals surface area contributed by atoms with Gasteiger partial charge in [0.2, 0.25) is 17.7 Å². The molecule has 0 saturated carbocycles. The van der Waals surface area contributed by atoms with Crippen LogP contribution in [0.2, 0.25) is 0 Å². The van der Waals surface area contributed by atoms with Crippen LogP contribution in [0.25, 0.3) is 10.9 Å². The Bertz CT molecular complexity index is 1340. The van der Waals surface area contributed by atoms with Crippen LogP contribution in [0.15, 0.2) is 30.5 Å². The second-order valence-electron chi connectivity index (χ2n) is 12.2. The second-order valence-corrected chi connectivity index (χ2v) is 12.2. The third kappa shape index (κ3) is 7.67. The zero-order valence-electron chi connectivity index (χ0n) is 26.1. The third-order valence-electron chi connectivity index (χ3n) is 9.17. The van der Waals surface area contributed by atoms with Crippen molar-refractivity contribution in [3.8, 4) is 0 Å². The summed E-state index contributed by atoms with van der Waals surface area (Å²) in [5.41, 5.74) is 0.948. The molecule has 3 heterocycles. The Morgan fingerprint density at radius 1 is 0.955 bits per heavy atom. The summed E-state index contributed by atoms with van der Waals surface area (Å²) in [5, 5.41) is 18.8. The summed E-state index contributed by atoms with van der Waals surface area (Å²) in [6.45, 7) is 6.04. The first-order valence-electron chi connectivity index (χ1n) is 16.2. The number of para-hydroxylation sites is 1. The molecule has 0 aliphatic carbocycles. The molecule has 4 amide bonds. The van der Waals surface area contributed by atoms with Crippen molar-refractivity contribution < 1.29 is 29.1 Å². The van der Waals surface area contributed by atoms with Gasteiger partial charge in [0.05, 0.1) is 6.10 Å². The number of amides is 4. The molecule has 2 aliphatic rings. The SMILES string of the molecule is CCC(O)CCCCC[C@@H]1NC(=O)[C@H]2CCCCN2C(=O)[C@H](C(C)CC)NC(=O)[C@@H](C(=O)c2c[nH]c3ccccc23)NC1=O. The molecule has 1 aromatic carbocycles. The molecular formula is C33H47N5O6. The van der Waals surface area contributed by atoms with Crippen LogP contribution in [0.5, 0.6) is 0 Å². The lowest BCUT2D eigenvalue weighted by atomic mass is 9.93. The number of aromatic amines is 1. The summed E-state index contributed by atoms with van der Waals surface area (Å²) < 4.78 is 0. The maximum atomic E-state index is 14.0. The molecule has 0 bridgehead atoms. The zero-order valence-corrected chi connectivity index (χ0v) is 26.1. The lowest BCUT2D eigenvalue weighted by Gasteiger charge is -2.39. The summed E-state index contributed by atoms with van der Waals surface area (Å²) in [4.78, 5) is 73.9. The van der Waals surface area contributed by atoms with Crippen molar-refractivity contribution in [1.82, 2.24) is 25.8 Å². The number of benzene rings is 1. The number of fused-ring (bicyclic) bond motifs is 2. The summed E-state index contributed by atoms with van der Waals surface area (Å²) in [6.07, 6.45) is 7.37. The monoisotopic (exact) mass is 609 g/mol. The minimum absolute atomic E-state index is 0.241. The van der Waals surface area contributed by atoms with Crippen LogP contribution in [-0.4, -0.2) is 81.2 Å². The number of carbonyl (C=O) groups excluding carboxylic acids is 5. The Morgan fingerprint density at radius 3 is 2.48 bits per heavy atom. The quantitative estimate of drug-likeness (QED) is 0.150. The number of rotatable bonds is 11. The number of aliphatic hydroxyl groups is 1. The number of hydrogen-bond donors (Lipinski definition) is 5. The topological polar surface area (TPSA) is 161 Å². The van der Waals surface area contributed by atoms with Gasteiger partial charge in [-0.15, -0.1) is 0 Å². The summed E-state index contributed by atoms with van der Waals surface area (Å²) in [6, 6.07) is 2.83. The molecule has 11 heteroatoms. The third-order valence-corrected chi connectivity index (χ3v) is 9.17. The van der Waals surface area contributed by atoms with Gasteiger partial charge in [-0.05, 0) is 50.5 Å². The van der Waals surface area contributed by atoms with Gasteiger partial charge in [0.15, 0.2) is 11.8 Å².